The molecule has 0 saturated heterocycles. The van der Waals surface area contributed by atoms with Gasteiger partial charge in [-0.25, -0.2) is 0 Å². The van der Waals surface area contributed by atoms with Gasteiger partial charge in [-0.15, -0.1) is 0 Å². The van der Waals surface area contributed by atoms with E-state index in [0.29, 0.717) is 0 Å². The lowest BCUT2D eigenvalue weighted by molar-refractivity contribution is 0.0586. The average molecular weight is 246 g/mol. The van der Waals surface area contributed by atoms with E-state index in [1.165, 1.54) is 0 Å². The van der Waals surface area contributed by atoms with E-state index >= 15 is 0 Å². The molecule has 3 heteroatoms. The summed E-state index contributed by atoms with van der Waals surface area (Å²) < 4.78 is 0. The highest BCUT2D eigenvalue weighted by molar-refractivity contribution is 5.97. The Balaban J connectivity index is 2.14. The van der Waals surface area contributed by atoms with E-state index in [4.69, 9.17) is 5.73 Å². The quantitative estimate of drug-likeness (QED) is 0.840. The van der Waals surface area contributed by atoms with Crippen LogP contribution in [0.1, 0.15) is 41.8 Å². The fraction of sp³-hybridized carbons (Fsp3) is 0.533. The molecule has 2 unspecified atom stereocenters. The Kier molecular flexibility index (Phi) is 3.20. The van der Waals surface area contributed by atoms with Crippen molar-refractivity contribution in [2.75, 3.05) is 0 Å². The van der Waals surface area contributed by atoms with E-state index < -0.39 is 0 Å². The number of hydrogen-bond donors (Lipinski definition) is 2. The highest BCUT2D eigenvalue weighted by Crippen LogP contribution is 2.39. The van der Waals surface area contributed by atoms with Gasteiger partial charge in [-0.2, -0.15) is 0 Å². The van der Waals surface area contributed by atoms with Crippen LogP contribution in [0.5, 0.6) is 0 Å². The second-order valence-corrected chi connectivity index (χ2v) is 5.96. The molecule has 1 amide bonds. The van der Waals surface area contributed by atoms with Crippen LogP contribution in [0, 0.1) is 19.3 Å². The van der Waals surface area contributed by atoms with E-state index in [9.17, 15) is 4.79 Å². The van der Waals surface area contributed by atoms with Gasteiger partial charge in [0.25, 0.3) is 5.91 Å². The molecule has 3 N–H and O–H groups in total. The van der Waals surface area contributed by atoms with Crippen LogP contribution >= 0.6 is 0 Å². The Labute approximate surface area is 109 Å². The van der Waals surface area contributed by atoms with Gasteiger partial charge in [0.1, 0.15) is 0 Å². The predicted molar refractivity (Wildman–Crippen MR) is 73.5 cm³/mol. The van der Waals surface area contributed by atoms with Gasteiger partial charge in [-0.1, -0.05) is 32.0 Å². The molecule has 1 saturated carbocycles. The normalized spacial score (nSPS) is 25.4. The molecule has 0 spiro atoms. The molecule has 0 bridgehead atoms. The first-order valence-corrected chi connectivity index (χ1v) is 6.46. The van der Waals surface area contributed by atoms with Gasteiger partial charge in [-0.3, -0.25) is 4.79 Å². The molecule has 0 heterocycles. The summed E-state index contributed by atoms with van der Waals surface area (Å²) in [6.07, 6.45) is 0.865. The summed E-state index contributed by atoms with van der Waals surface area (Å²) in [4.78, 5) is 12.3. The van der Waals surface area contributed by atoms with E-state index in [1.54, 1.807) is 0 Å². The maximum Gasteiger partial charge on any atom is 0.252 e. The van der Waals surface area contributed by atoms with Gasteiger partial charge < -0.3 is 11.1 Å². The fourth-order valence-corrected chi connectivity index (χ4v) is 2.61. The zero-order chi connectivity index (χ0) is 13.5. The SMILES string of the molecule is Cc1cccc(C)c1C(=O)NC1CC(N)C1(C)C. The molecule has 3 nitrogen and oxygen atoms in total. The predicted octanol–water partition coefficient (Wildman–Crippen LogP) is 2.16. The molecule has 2 rings (SSSR count). The first-order valence-electron chi connectivity index (χ1n) is 6.46. The van der Waals surface area contributed by atoms with Gasteiger partial charge >= 0.3 is 0 Å². The van der Waals surface area contributed by atoms with Crippen molar-refractivity contribution in [2.45, 2.75) is 46.2 Å². The number of nitrogens with two attached hydrogens (primary N) is 1. The minimum atomic E-state index is -0.00769. The lowest BCUT2D eigenvalue weighted by Gasteiger charge is -2.50. The summed E-state index contributed by atoms with van der Waals surface area (Å²) >= 11 is 0. The van der Waals surface area contributed by atoms with Crippen molar-refractivity contribution >= 4 is 5.91 Å². The van der Waals surface area contributed by atoms with Crippen LogP contribution in [0.3, 0.4) is 0 Å². The number of benzene rings is 1. The van der Waals surface area contributed by atoms with Crippen LogP contribution in [0.15, 0.2) is 18.2 Å². The molecule has 0 radical (unpaired) electrons. The molecule has 2 atom stereocenters. The maximum atomic E-state index is 12.3. The van der Waals surface area contributed by atoms with Crippen LogP contribution in [0.2, 0.25) is 0 Å². The molecule has 1 aliphatic rings. The molecular formula is C15H22N2O. The Morgan fingerprint density at radius 1 is 1.33 bits per heavy atom. The smallest absolute Gasteiger partial charge is 0.252 e. The van der Waals surface area contributed by atoms with Crippen molar-refractivity contribution < 1.29 is 4.79 Å². The summed E-state index contributed by atoms with van der Waals surface area (Å²) in [5, 5.41) is 3.12. The number of rotatable bonds is 2. The summed E-state index contributed by atoms with van der Waals surface area (Å²) in [6.45, 7) is 8.16. The van der Waals surface area contributed by atoms with E-state index in [-0.39, 0.29) is 23.4 Å². The standard InChI is InChI=1S/C15H22N2O/c1-9-6-5-7-10(2)13(9)14(18)17-12-8-11(16)15(12,3)4/h5-7,11-12H,8,16H2,1-4H3,(H,17,18). The third-order valence-electron chi connectivity index (χ3n) is 4.36. The first kappa shape index (κ1) is 13.1. The van der Waals surface area contributed by atoms with Gasteiger partial charge in [0.05, 0.1) is 0 Å². The zero-order valence-corrected chi connectivity index (χ0v) is 11.6. The number of hydrogen-bond acceptors (Lipinski definition) is 2. The minimum absolute atomic E-state index is 0.00769. The van der Waals surface area contributed by atoms with Crippen LogP contribution in [-0.2, 0) is 0 Å². The largest absolute Gasteiger partial charge is 0.349 e. The Morgan fingerprint density at radius 2 is 1.89 bits per heavy atom. The lowest BCUT2D eigenvalue weighted by Crippen LogP contribution is -2.64. The second kappa shape index (κ2) is 4.39. The molecule has 0 aromatic heterocycles. The number of carbonyl (C=O) groups excluding carboxylic acids is 1. The molecule has 0 aliphatic heterocycles. The van der Waals surface area contributed by atoms with E-state index in [2.05, 4.69) is 19.2 Å². The fourth-order valence-electron chi connectivity index (χ4n) is 2.61. The van der Waals surface area contributed by atoms with Crippen molar-refractivity contribution in [3.63, 3.8) is 0 Å². The molecule has 18 heavy (non-hydrogen) atoms. The van der Waals surface area contributed by atoms with Gasteiger partial charge in [-0.05, 0) is 31.4 Å². The van der Waals surface area contributed by atoms with Crippen LogP contribution in [0.25, 0.3) is 0 Å². The Morgan fingerprint density at radius 3 is 2.33 bits per heavy atom. The molecular weight excluding hydrogens is 224 g/mol. The maximum absolute atomic E-state index is 12.3. The second-order valence-electron chi connectivity index (χ2n) is 5.96. The summed E-state index contributed by atoms with van der Waals surface area (Å²) in [5.41, 5.74) is 8.81. The molecule has 1 aromatic rings. The molecule has 98 valence electrons. The molecule has 1 aromatic carbocycles. The van der Waals surface area contributed by atoms with Crippen molar-refractivity contribution in [3.8, 4) is 0 Å². The van der Waals surface area contributed by atoms with Gasteiger partial charge in [0.15, 0.2) is 0 Å². The third-order valence-corrected chi connectivity index (χ3v) is 4.36. The summed E-state index contributed by atoms with van der Waals surface area (Å²) in [6, 6.07) is 6.28. The molecule has 1 aliphatic carbocycles. The Hall–Kier alpha value is -1.35. The highest BCUT2D eigenvalue weighted by Gasteiger charge is 2.46. The third kappa shape index (κ3) is 2.03. The number of aryl methyl sites for hydroxylation is 2. The van der Waals surface area contributed by atoms with E-state index in [1.807, 2.05) is 32.0 Å². The number of nitrogens with one attached hydrogen (secondary N) is 1. The number of carbonyl (C=O) groups is 1. The van der Waals surface area contributed by atoms with Crippen LogP contribution in [0.4, 0.5) is 0 Å². The summed E-state index contributed by atoms with van der Waals surface area (Å²) in [7, 11) is 0. The van der Waals surface area contributed by atoms with Crippen molar-refractivity contribution in [1.29, 1.82) is 0 Å². The van der Waals surface area contributed by atoms with Crippen molar-refractivity contribution in [1.82, 2.24) is 5.32 Å². The van der Waals surface area contributed by atoms with Crippen LogP contribution in [-0.4, -0.2) is 18.0 Å². The first-order chi connectivity index (χ1) is 8.34. The monoisotopic (exact) mass is 246 g/mol. The Bertz CT molecular complexity index is 459. The lowest BCUT2D eigenvalue weighted by atomic mass is 9.63. The number of amides is 1. The van der Waals surface area contributed by atoms with Crippen molar-refractivity contribution in [2.24, 2.45) is 11.1 Å². The zero-order valence-electron chi connectivity index (χ0n) is 11.6. The average Bonchev–Trinajstić information content (AvgIpc) is 2.28. The van der Waals surface area contributed by atoms with E-state index in [0.717, 1.165) is 23.1 Å². The minimum Gasteiger partial charge on any atom is -0.349 e. The van der Waals surface area contributed by atoms with Gasteiger partial charge in [0.2, 0.25) is 0 Å². The van der Waals surface area contributed by atoms with Crippen molar-refractivity contribution in [3.05, 3.63) is 34.9 Å². The van der Waals surface area contributed by atoms with Gasteiger partial charge in [0, 0.05) is 23.1 Å². The topological polar surface area (TPSA) is 55.1 Å². The summed E-state index contributed by atoms with van der Waals surface area (Å²) in [5.74, 6) is 0.0237. The van der Waals surface area contributed by atoms with Crippen LogP contribution < -0.4 is 11.1 Å². The molecule has 1 fully saturated rings. The highest BCUT2D eigenvalue weighted by atomic mass is 16.1.